The lowest BCUT2D eigenvalue weighted by Gasteiger charge is -2.35. The molecular formula is C17H24N2OS. The molecule has 0 saturated carbocycles. The van der Waals surface area contributed by atoms with Crippen LogP contribution in [0.25, 0.3) is 11.1 Å². The number of anilines is 1. The lowest BCUT2D eigenvalue weighted by molar-refractivity contribution is 0.358. The Kier molecular flexibility index (Phi) is 3.91. The van der Waals surface area contributed by atoms with Gasteiger partial charge in [0.2, 0.25) is 0 Å². The van der Waals surface area contributed by atoms with Gasteiger partial charge < -0.3 is 9.73 Å². The highest BCUT2D eigenvalue weighted by molar-refractivity contribution is 7.99. The third-order valence-corrected chi connectivity index (χ3v) is 5.50. The summed E-state index contributed by atoms with van der Waals surface area (Å²) in [6.07, 6.45) is 1.22. The number of benzene rings is 1. The Morgan fingerprint density at radius 2 is 2.19 bits per heavy atom. The van der Waals surface area contributed by atoms with Crippen molar-refractivity contribution in [1.82, 2.24) is 4.98 Å². The van der Waals surface area contributed by atoms with Gasteiger partial charge in [-0.2, -0.15) is 11.8 Å². The first-order valence-corrected chi connectivity index (χ1v) is 8.83. The van der Waals surface area contributed by atoms with Crippen LogP contribution in [0.5, 0.6) is 0 Å². The minimum Gasteiger partial charge on any atom is -0.440 e. The summed E-state index contributed by atoms with van der Waals surface area (Å²) in [7, 11) is 0. The van der Waals surface area contributed by atoms with Crippen LogP contribution in [0.3, 0.4) is 0 Å². The smallest absolute Gasteiger partial charge is 0.198 e. The summed E-state index contributed by atoms with van der Waals surface area (Å²) in [4.78, 5) is 4.58. The number of thioether (sulfide) groups is 1. The molecule has 1 aromatic heterocycles. The van der Waals surface area contributed by atoms with E-state index in [-0.39, 0.29) is 0 Å². The molecule has 1 N–H and O–H groups in total. The fraction of sp³-hybridized carbons (Fsp3) is 0.588. The molecular weight excluding hydrogens is 280 g/mol. The van der Waals surface area contributed by atoms with Gasteiger partial charge in [-0.1, -0.05) is 27.7 Å². The number of hydrogen-bond donors (Lipinski definition) is 1. The Morgan fingerprint density at radius 1 is 1.38 bits per heavy atom. The molecule has 1 aliphatic heterocycles. The second-order valence-corrected chi connectivity index (χ2v) is 8.14. The van der Waals surface area contributed by atoms with E-state index in [0.717, 1.165) is 22.7 Å². The molecule has 0 bridgehead atoms. The minimum atomic E-state index is 0.323. The summed E-state index contributed by atoms with van der Waals surface area (Å²) in [6.45, 7) is 8.91. The highest BCUT2D eigenvalue weighted by atomic mass is 32.2. The van der Waals surface area contributed by atoms with E-state index in [9.17, 15) is 0 Å². The molecule has 0 radical (unpaired) electrons. The molecule has 114 valence electrons. The summed E-state index contributed by atoms with van der Waals surface area (Å²) in [6, 6.07) is 6.77. The van der Waals surface area contributed by atoms with Crippen LogP contribution in [0.15, 0.2) is 22.6 Å². The Bertz CT molecular complexity index is 633. The average Bonchev–Trinajstić information content (AvgIpc) is 2.80. The zero-order chi connectivity index (χ0) is 15.0. The molecule has 2 aromatic rings. The average molecular weight is 304 g/mol. The van der Waals surface area contributed by atoms with Crippen molar-refractivity contribution < 1.29 is 4.42 Å². The van der Waals surface area contributed by atoms with Gasteiger partial charge in [0.05, 0.1) is 0 Å². The zero-order valence-electron chi connectivity index (χ0n) is 13.3. The van der Waals surface area contributed by atoms with Crippen molar-refractivity contribution >= 4 is 28.5 Å². The predicted molar refractivity (Wildman–Crippen MR) is 91.2 cm³/mol. The van der Waals surface area contributed by atoms with Gasteiger partial charge >= 0.3 is 0 Å². The van der Waals surface area contributed by atoms with Crippen LogP contribution >= 0.6 is 11.8 Å². The second kappa shape index (κ2) is 5.56. The fourth-order valence-electron chi connectivity index (χ4n) is 2.87. The normalized spacial score (nSPS) is 21.9. The van der Waals surface area contributed by atoms with E-state index in [4.69, 9.17) is 4.42 Å². The van der Waals surface area contributed by atoms with Gasteiger partial charge in [-0.25, -0.2) is 4.98 Å². The van der Waals surface area contributed by atoms with E-state index >= 15 is 0 Å². The van der Waals surface area contributed by atoms with Crippen LogP contribution in [0.1, 0.15) is 45.9 Å². The SMILES string of the molecule is CC(C)c1nc2cc(NC3CSCC(C)(C)C3)ccc2o1. The van der Waals surface area contributed by atoms with Crippen molar-refractivity contribution in [3.63, 3.8) is 0 Å². The van der Waals surface area contributed by atoms with Crippen LogP contribution in [0.2, 0.25) is 0 Å². The Hall–Kier alpha value is -1.16. The van der Waals surface area contributed by atoms with Crippen molar-refractivity contribution in [3.8, 4) is 0 Å². The number of nitrogens with zero attached hydrogens (tertiary/aromatic N) is 1. The van der Waals surface area contributed by atoms with E-state index in [1.54, 1.807) is 0 Å². The lowest BCUT2D eigenvalue weighted by atomic mass is 9.88. The van der Waals surface area contributed by atoms with Crippen LogP contribution in [0, 0.1) is 5.41 Å². The van der Waals surface area contributed by atoms with Gasteiger partial charge in [0.25, 0.3) is 0 Å². The van der Waals surface area contributed by atoms with Crippen molar-refractivity contribution in [2.75, 3.05) is 16.8 Å². The van der Waals surface area contributed by atoms with Gasteiger partial charge in [0.1, 0.15) is 5.52 Å². The highest BCUT2D eigenvalue weighted by Crippen LogP contribution is 2.35. The number of hydrogen-bond acceptors (Lipinski definition) is 4. The Morgan fingerprint density at radius 3 is 2.90 bits per heavy atom. The van der Waals surface area contributed by atoms with Crippen LogP contribution in [-0.4, -0.2) is 22.5 Å². The molecule has 1 aliphatic rings. The maximum absolute atomic E-state index is 5.76. The second-order valence-electron chi connectivity index (χ2n) is 7.11. The maximum Gasteiger partial charge on any atom is 0.198 e. The molecule has 0 spiro atoms. The first-order valence-electron chi connectivity index (χ1n) is 7.68. The molecule has 3 nitrogen and oxygen atoms in total. The van der Waals surface area contributed by atoms with Crippen molar-refractivity contribution in [3.05, 3.63) is 24.1 Å². The monoisotopic (exact) mass is 304 g/mol. The summed E-state index contributed by atoms with van der Waals surface area (Å²) in [5, 5.41) is 3.66. The van der Waals surface area contributed by atoms with Crippen molar-refractivity contribution in [2.45, 2.75) is 46.1 Å². The molecule has 1 atom stereocenters. The minimum absolute atomic E-state index is 0.323. The molecule has 3 rings (SSSR count). The fourth-order valence-corrected chi connectivity index (χ4v) is 4.15. The quantitative estimate of drug-likeness (QED) is 0.875. The molecule has 1 saturated heterocycles. The molecule has 1 aromatic carbocycles. The molecule has 1 fully saturated rings. The summed E-state index contributed by atoms with van der Waals surface area (Å²) < 4.78 is 5.76. The van der Waals surface area contributed by atoms with Gasteiger partial charge in [0.15, 0.2) is 11.5 Å². The number of oxazole rings is 1. The van der Waals surface area contributed by atoms with Crippen LogP contribution in [-0.2, 0) is 0 Å². The molecule has 2 heterocycles. The first kappa shape index (κ1) is 14.8. The Labute approximate surface area is 130 Å². The van der Waals surface area contributed by atoms with Crippen molar-refractivity contribution in [1.29, 1.82) is 0 Å². The number of aromatic nitrogens is 1. The lowest BCUT2D eigenvalue weighted by Crippen LogP contribution is -2.35. The molecule has 1 unspecified atom stereocenters. The molecule has 4 heteroatoms. The summed E-state index contributed by atoms with van der Waals surface area (Å²) in [5.74, 6) is 3.57. The van der Waals surface area contributed by atoms with Crippen LogP contribution < -0.4 is 5.32 Å². The van der Waals surface area contributed by atoms with Gasteiger partial charge in [0, 0.05) is 23.4 Å². The van der Waals surface area contributed by atoms with E-state index in [2.05, 4.69) is 50.1 Å². The summed E-state index contributed by atoms with van der Waals surface area (Å²) in [5.41, 5.74) is 3.40. The van der Waals surface area contributed by atoms with Gasteiger partial charge in [-0.15, -0.1) is 0 Å². The van der Waals surface area contributed by atoms with E-state index < -0.39 is 0 Å². The first-order chi connectivity index (χ1) is 9.93. The van der Waals surface area contributed by atoms with E-state index in [1.165, 1.54) is 17.9 Å². The largest absolute Gasteiger partial charge is 0.440 e. The van der Waals surface area contributed by atoms with E-state index in [1.807, 2.05) is 17.8 Å². The van der Waals surface area contributed by atoms with E-state index in [0.29, 0.717) is 17.4 Å². The molecule has 0 amide bonds. The number of nitrogens with one attached hydrogen (secondary N) is 1. The molecule has 0 aliphatic carbocycles. The third kappa shape index (κ3) is 3.37. The third-order valence-electron chi connectivity index (χ3n) is 3.88. The standard InChI is InChI=1S/C17H24N2OS/c1-11(2)16-19-14-7-12(5-6-15(14)20-16)18-13-8-17(3,4)10-21-9-13/h5-7,11,13,18H,8-10H2,1-4H3. The summed E-state index contributed by atoms with van der Waals surface area (Å²) >= 11 is 2.04. The van der Waals surface area contributed by atoms with Gasteiger partial charge in [-0.05, 0) is 35.8 Å². The highest BCUT2D eigenvalue weighted by Gasteiger charge is 2.28. The molecule has 21 heavy (non-hydrogen) atoms. The maximum atomic E-state index is 5.76. The van der Waals surface area contributed by atoms with Gasteiger partial charge in [-0.3, -0.25) is 0 Å². The van der Waals surface area contributed by atoms with Crippen LogP contribution in [0.4, 0.5) is 5.69 Å². The topological polar surface area (TPSA) is 38.1 Å². The number of fused-ring (bicyclic) bond motifs is 1. The number of rotatable bonds is 3. The van der Waals surface area contributed by atoms with Crippen molar-refractivity contribution in [2.24, 2.45) is 5.41 Å². The predicted octanol–water partition coefficient (Wildman–Crippen LogP) is 4.89. The Balaban J connectivity index is 1.78. The zero-order valence-corrected chi connectivity index (χ0v) is 14.1.